The molecule has 112 valence electrons. The maximum atomic E-state index is 5.52. The van der Waals surface area contributed by atoms with E-state index in [9.17, 15) is 0 Å². The minimum atomic E-state index is 0.648. The number of nitrogens with one attached hydrogen (secondary N) is 1. The van der Waals surface area contributed by atoms with Gasteiger partial charge in [0.25, 0.3) is 0 Å². The summed E-state index contributed by atoms with van der Waals surface area (Å²) in [6, 6.07) is 15.8. The van der Waals surface area contributed by atoms with E-state index in [-0.39, 0.29) is 0 Å². The van der Waals surface area contributed by atoms with Crippen LogP contribution in [0.1, 0.15) is 6.92 Å². The Morgan fingerprint density at radius 1 is 1.14 bits per heavy atom. The molecule has 0 bridgehead atoms. The quantitative estimate of drug-likeness (QED) is 0.672. The van der Waals surface area contributed by atoms with Crippen LogP contribution in [0, 0.1) is 0 Å². The molecule has 0 aliphatic rings. The molecule has 0 spiro atoms. The lowest BCUT2D eigenvalue weighted by atomic mass is 10.2. The Morgan fingerprint density at radius 2 is 2.00 bits per heavy atom. The molecule has 0 fully saturated rings. The van der Waals surface area contributed by atoms with Crippen molar-refractivity contribution in [1.29, 1.82) is 0 Å². The first-order valence-electron chi connectivity index (χ1n) is 6.84. The third-order valence-corrected chi connectivity index (χ3v) is 4.27. The van der Waals surface area contributed by atoms with E-state index in [0.29, 0.717) is 6.61 Å². The van der Waals surface area contributed by atoms with Crippen LogP contribution in [0.2, 0.25) is 0 Å². The highest BCUT2D eigenvalue weighted by atomic mass is 79.9. The molecule has 6 heteroatoms. The van der Waals surface area contributed by atoms with E-state index in [1.54, 1.807) is 0 Å². The lowest BCUT2D eigenvalue weighted by molar-refractivity contribution is 0.340. The van der Waals surface area contributed by atoms with E-state index in [0.717, 1.165) is 31.6 Å². The summed E-state index contributed by atoms with van der Waals surface area (Å²) in [7, 11) is 0. The molecule has 0 amide bonds. The van der Waals surface area contributed by atoms with Gasteiger partial charge in [0.15, 0.2) is 0 Å². The number of halogens is 1. The van der Waals surface area contributed by atoms with Crippen LogP contribution >= 0.6 is 27.3 Å². The van der Waals surface area contributed by atoms with E-state index in [1.165, 1.54) is 11.3 Å². The van der Waals surface area contributed by atoms with Crippen molar-refractivity contribution < 1.29 is 4.74 Å². The molecule has 1 aromatic heterocycles. The van der Waals surface area contributed by atoms with Crippen LogP contribution in [0.4, 0.5) is 10.8 Å². The van der Waals surface area contributed by atoms with Gasteiger partial charge in [-0.1, -0.05) is 45.5 Å². The van der Waals surface area contributed by atoms with Crippen LogP contribution in [-0.4, -0.2) is 16.8 Å². The molecular formula is C16H14BrN3OS. The normalized spacial score (nSPS) is 10.5. The molecule has 0 aliphatic heterocycles. The zero-order chi connectivity index (χ0) is 15.4. The highest BCUT2D eigenvalue weighted by Crippen LogP contribution is 2.30. The first kappa shape index (κ1) is 15.0. The summed E-state index contributed by atoms with van der Waals surface area (Å²) in [5, 5.41) is 13.3. The summed E-state index contributed by atoms with van der Waals surface area (Å²) < 4.78 is 6.54. The Morgan fingerprint density at radius 3 is 2.82 bits per heavy atom. The fourth-order valence-corrected chi connectivity index (χ4v) is 3.13. The average molecular weight is 376 g/mol. The van der Waals surface area contributed by atoms with Gasteiger partial charge < -0.3 is 10.1 Å². The smallest absolute Gasteiger partial charge is 0.210 e. The number of benzene rings is 2. The first-order valence-corrected chi connectivity index (χ1v) is 8.45. The summed E-state index contributed by atoms with van der Waals surface area (Å²) >= 11 is 4.96. The minimum Gasteiger partial charge on any atom is -0.494 e. The first-order chi connectivity index (χ1) is 10.7. The molecule has 0 atom stereocenters. The number of hydrogen-bond acceptors (Lipinski definition) is 5. The Hall–Kier alpha value is -1.92. The third kappa shape index (κ3) is 3.64. The van der Waals surface area contributed by atoms with Crippen molar-refractivity contribution in [1.82, 2.24) is 10.2 Å². The topological polar surface area (TPSA) is 47.0 Å². The zero-order valence-corrected chi connectivity index (χ0v) is 14.3. The average Bonchev–Trinajstić information content (AvgIpc) is 2.96. The van der Waals surface area contributed by atoms with E-state index in [2.05, 4.69) is 31.4 Å². The number of nitrogens with zero attached hydrogens (tertiary/aromatic N) is 2. The van der Waals surface area contributed by atoms with Crippen LogP contribution in [0.25, 0.3) is 10.6 Å². The van der Waals surface area contributed by atoms with Crippen LogP contribution in [-0.2, 0) is 0 Å². The molecule has 1 heterocycles. The molecule has 3 rings (SSSR count). The number of aromatic nitrogens is 2. The summed E-state index contributed by atoms with van der Waals surface area (Å²) in [4.78, 5) is 0. The molecular weight excluding hydrogens is 362 g/mol. The van der Waals surface area contributed by atoms with Gasteiger partial charge in [-0.05, 0) is 37.3 Å². The van der Waals surface area contributed by atoms with Gasteiger partial charge in [-0.3, -0.25) is 0 Å². The van der Waals surface area contributed by atoms with Gasteiger partial charge in [0, 0.05) is 15.7 Å². The van der Waals surface area contributed by atoms with Crippen LogP contribution < -0.4 is 10.1 Å². The number of rotatable bonds is 5. The number of anilines is 2. The molecule has 0 aliphatic carbocycles. The van der Waals surface area contributed by atoms with Gasteiger partial charge in [0.1, 0.15) is 10.8 Å². The molecule has 22 heavy (non-hydrogen) atoms. The maximum absolute atomic E-state index is 5.52. The van der Waals surface area contributed by atoms with E-state index < -0.39 is 0 Å². The van der Waals surface area contributed by atoms with E-state index >= 15 is 0 Å². The Bertz CT molecular complexity index is 775. The zero-order valence-electron chi connectivity index (χ0n) is 11.9. The largest absolute Gasteiger partial charge is 0.494 e. The molecule has 2 aromatic carbocycles. The molecule has 0 radical (unpaired) electrons. The number of hydrogen-bond donors (Lipinski definition) is 1. The lowest BCUT2D eigenvalue weighted by Crippen LogP contribution is -1.90. The van der Waals surface area contributed by atoms with Gasteiger partial charge in [0.05, 0.1) is 6.61 Å². The molecule has 4 nitrogen and oxygen atoms in total. The lowest BCUT2D eigenvalue weighted by Gasteiger charge is -2.03. The molecule has 1 N–H and O–H groups in total. The van der Waals surface area contributed by atoms with Gasteiger partial charge in [-0.15, -0.1) is 10.2 Å². The molecule has 0 saturated heterocycles. The summed E-state index contributed by atoms with van der Waals surface area (Å²) in [5.41, 5.74) is 1.98. The standard InChI is InChI=1S/C16H14BrN3OS/c1-2-21-14-8-3-5-11(9-14)15-19-20-16(22-15)18-13-7-4-6-12(17)10-13/h3-10H,2H2,1H3,(H,18,20). The van der Waals surface area contributed by atoms with Gasteiger partial charge >= 0.3 is 0 Å². The van der Waals surface area contributed by atoms with Crippen LogP contribution in [0.3, 0.4) is 0 Å². The SMILES string of the molecule is CCOc1cccc(-c2nnc(Nc3cccc(Br)c3)s2)c1. The third-order valence-electron chi connectivity index (χ3n) is 2.89. The molecule has 0 saturated carbocycles. The monoisotopic (exact) mass is 375 g/mol. The second-order valence-electron chi connectivity index (χ2n) is 4.51. The van der Waals surface area contributed by atoms with Crippen molar-refractivity contribution in [2.75, 3.05) is 11.9 Å². The van der Waals surface area contributed by atoms with Crippen molar-refractivity contribution in [3.8, 4) is 16.3 Å². The molecule has 0 unspecified atom stereocenters. The predicted octanol–water partition coefficient (Wildman–Crippen LogP) is 5.11. The van der Waals surface area contributed by atoms with Crippen molar-refractivity contribution in [3.05, 3.63) is 53.0 Å². The fourth-order valence-electron chi connectivity index (χ4n) is 1.97. The maximum Gasteiger partial charge on any atom is 0.210 e. The Labute approximate surface area is 141 Å². The van der Waals surface area contributed by atoms with E-state index in [1.807, 2.05) is 55.5 Å². The summed E-state index contributed by atoms with van der Waals surface area (Å²) in [5.74, 6) is 0.844. The second kappa shape index (κ2) is 6.89. The Balaban J connectivity index is 1.80. The van der Waals surface area contributed by atoms with Crippen molar-refractivity contribution >= 4 is 38.1 Å². The second-order valence-corrected chi connectivity index (χ2v) is 6.40. The number of ether oxygens (including phenoxy) is 1. The minimum absolute atomic E-state index is 0.648. The van der Waals surface area contributed by atoms with E-state index in [4.69, 9.17) is 4.74 Å². The summed E-state index contributed by atoms with van der Waals surface area (Å²) in [6.07, 6.45) is 0. The summed E-state index contributed by atoms with van der Waals surface area (Å²) in [6.45, 7) is 2.62. The van der Waals surface area contributed by atoms with Crippen molar-refractivity contribution in [3.63, 3.8) is 0 Å². The van der Waals surface area contributed by atoms with Gasteiger partial charge in [-0.2, -0.15) is 0 Å². The van der Waals surface area contributed by atoms with Gasteiger partial charge in [-0.25, -0.2) is 0 Å². The highest BCUT2D eigenvalue weighted by molar-refractivity contribution is 9.10. The van der Waals surface area contributed by atoms with Crippen molar-refractivity contribution in [2.45, 2.75) is 6.92 Å². The van der Waals surface area contributed by atoms with Gasteiger partial charge in [0.2, 0.25) is 5.13 Å². The predicted molar refractivity (Wildman–Crippen MR) is 93.9 cm³/mol. The van der Waals surface area contributed by atoms with Crippen LogP contribution in [0.5, 0.6) is 5.75 Å². The highest BCUT2D eigenvalue weighted by Gasteiger charge is 2.08. The Kier molecular flexibility index (Phi) is 4.70. The van der Waals surface area contributed by atoms with Crippen LogP contribution in [0.15, 0.2) is 53.0 Å². The molecule has 3 aromatic rings. The fraction of sp³-hybridized carbons (Fsp3) is 0.125. The van der Waals surface area contributed by atoms with Crippen molar-refractivity contribution in [2.24, 2.45) is 0 Å².